The summed E-state index contributed by atoms with van der Waals surface area (Å²) in [4.78, 5) is 23.8. The molecule has 7 heteroatoms. The molecule has 2 amide bonds. The number of benzene rings is 1. The molecular weight excluding hydrogens is 330 g/mol. The number of nitrogens with one attached hydrogen (secondary N) is 3. The average Bonchev–Trinajstić information content (AvgIpc) is 2.55. The number of methoxy groups -OCH3 is 1. The van der Waals surface area contributed by atoms with Gasteiger partial charge in [-0.05, 0) is 50.6 Å². The molecule has 1 unspecified atom stereocenters. The molecule has 1 aliphatic rings. The number of carbonyl (C=O) groups excluding carboxylic acids is 2. The molecule has 24 heavy (non-hydrogen) atoms. The Morgan fingerprint density at radius 2 is 1.96 bits per heavy atom. The van der Waals surface area contributed by atoms with Gasteiger partial charge < -0.3 is 20.7 Å². The maximum Gasteiger partial charge on any atom is 0.252 e. The summed E-state index contributed by atoms with van der Waals surface area (Å²) in [6.07, 6.45) is 1.32. The topological polar surface area (TPSA) is 79.5 Å². The van der Waals surface area contributed by atoms with Gasteiger partial charge in [-0.3, -0.25) is 9.59 Å². The van der Waals surface area contributed by atoms with Crippen LogP contribution in [0.15, 0.2) is 24.3 Å². The molecule has 1 heterocycles. The van der Waals surface area contributed by atoms with E-state index >= 15 is 0 Å². The lowest BCUT2D eigenvalue weighted by atomic mass is 9.90. The fourth-order valence-corrected chi connectivity index (χ4v) is 2.86. The molecule has 1 saturated heterocycles. The Labute approximate surface area is 149 Å². The number of amides is 2. The number of anilines is 1. The summed E-state index contributed by atoms with van der Waals surface area (Å²) in [5.74, 6) is -0.203. The average molecular weight is 356 g/mol. The summed E-state index contributed by atoms with van der Waals surface area (Å²) in [6, 6.07) is 7.31. The molecule has 0 bridgehead atoms. The fraction of sp³-hybridized carbons (Fsp3) is 0.529. The number of halogens is 1. The van der Waals surface area contributed by atoms with Crippen LogP contribution in [0, 0.1) is 0 Å². The molecule has 0 saturated carbocycles. The zero-order valence-corrected chi connectivity index (χ0v) is 15.2. The molecule has 3 N–H and O–H groups in total. The first-order valence-corrected chi connectivity index (χ1v) is 7.91. The Morgan fingerprint density at radius 1 is 1.29 bits per heavy atom. The zero-order chi connectivity index (χ0) is 16.9. The van der Waals surface area contributed by atoms with Gasteiger partial charge in [0.1, 0.15) is 5.60 Å². The molecule has 1 aromatic rings. The van der Waals surface area contributed by atoms with Crippen molar-refractivity contribution in [3.63, 3.8) is 0 Å². The third-order valence-electron chi connectivity index (χ3n) is 4.27. The molecule has 1 fully saturated rings. The molecule has 1 atom stereocenters. The molecule has 0 aliphatic carbocycles. The normalized spacial score (nSPS) is 17.3. The molecule has 6 nitrogen and oxygen atoms in total. The lowest BCUT2D eigenvalue weighted by Gasteiger charge is -2.35. The van der Waals surface area contributed by atoms with Crippen LogP contribution in [0.3, 0.4) is 0 Å². The highest BCUT2D eigenvalue weighted by Gasteiger charge is 2.40. The second kappa shape index (κ2) is 9.01. The predicted octanol–water partition coefficient (Wildman–Crippen LogP) is 2.01. The van der Waals surface area contributed by atoms with Gasteiger partial charge in [0, 0.05) is 19.7 Å². The lowest BCUT2D eigenvalue weighted by Crippen LogP contribution is -2.54. The van der Waals surface area contributed by atoms with Gasteiger partial charge in [0.25, 0.3) is 5.91 Å². The van der Waals surface area contributed by atoms with Gasteiger partial charge >= 0.3 is 0 Å². The summed E-state index contributed by atoms with van der Waals surface area (Å²) in [5, 5.41) is 9.02. The van der Waals surface area contributed by atoms with Crippen LogP contribution in [0.4, 0.5) is 5.69 Å². The van der Waals surface area contributed by atoms with E-state index in [2.05, 4.69) is 16.0 Å². The summed E-state index contributed by atoms with van der Waals surface area (Å²) in [6.45, 7) is 4.94. The highest BCUT2D eigenvalue weighted by molar-refractivity contribution is 5.89. The number of ether oxygens (including phenoxy) is 1. The van der Waals surface area contributed by atoms with Gasteiger partial charge in [0.15, 0.2) is 0 Å². The van der Waals surface area contributed by atoms with E-state index in [0.29, 0.717) is 12.8 Å². The number of hydrogen-bond acceptors (Lipinski definition) is 4. The van der Waals surface area contributed by atoms with E-state index in [4.69, 9.17) is 4.74 Å². The first-order chi connectivity index (χ1) is 11.0. The first-order valence-electron chi connectivity index (χ1n) is 7.91. The van der Waals surface area contributed by atoms with Crippen LogP contribution in [-0.2, 0) is 14.3 Å². The van der Waals surface area contributed by atoms with Crippen molar-refractivity contribution < 1.29 is 14.3 Å². The van der Waals surface area contributed by atoms with E-state index in [1.807, 2.05) is 31.2 Å². The zero-order valence-electron chi connectivity index (χ0n) is 14.3. The third kappa shape index (κ3) is 4.93. The highest BCUT2D eigenvalue weighted by Crippen LogP contribution is 2.25. The van der Waals surface area contributed by atoms with Crippen molar-refractivity contribution in [3.05, 3.63) is 29.8 Å². The summed E-state index contributed by atoms with van der Waals surface area (Å²) in [7, 11) is 1.59. The van der Waals surface area contributed by atoms with Crippen molar-refractivity contribution >= 4 is 29.9 Å². The van der Waals surface area contributed by atoms with E-state index < -0.39 is 5.60 Å². The summed E-state index contributed by atoms with van der Waals surface area (Å²) < 4.78 is 5.54. The van der Waals surface area contributed by atoms with Crippen molar-refractivity contribution in [1.82, 2.24) is 10.6 Å². The van der Waals surface area contributed by atoms with Gasteiger partial charge in [-0.25, -0.2) is 0 Å². The lowest BCUT2D eigenvalue weighted by molar-refractivity contribution is -0.147. The third-order valence-corrected chi connectivity index (χ3v) is 4.27. The van der Waals surface area contributed by atoms with Crippen LogP contribution < -0.4 is 16.0 Å². The fourth-order valence-electron chi connectivity index (χ4n) is 2.86. The van der Waals surface area contributed by atoms with Crippen LogP contribution in [0.5, 0.6) is 0 Å². The van der Waals surface area contributed by atoms with Gasteiger partial charge in [0.05, 0.1) is 6.04 Å². The Balaban J connectivity index is 0.00000288. The molecule has 1 aromatic carbocycles. The minimum Gasteiger partial charge on any atom is -0.368 e. The smallest absolute Gasteiger partial charge is 0.252 e. The minimum atomic E-state index is -0.755. The number of carbonyl (C=O) groups is 2. The standard InChI is InChI=1S/C17H25N3O3.ClH/c1-12(14-5-4-6-15(11-14)20-13(2)21)19-16(22)17(23-3)7-9-18-10-8-17;/h4-6,11-12,18H,7-10H2,1-3H3,(H,19,22)(H,20,21);1H. The van der Waals surface area contributed by atoms with Crippen molar-refractivity contribution in [2.24, 2.45) is 0 Å². The number of hydrogen-bond donors (Lipinski definition) is 3. The van der Waals surface area contributed by atoms with E-state index in [0.717, 1.165) is 24.3 Å². The Kier molecular flexibility index (Phi) is 7.66. The number of rotatable bonds is 5. The monoisotopic (exact) mass is 355 g/mol. The maximum absolute atomic E-state index is 12.7. The second-order valence-corrected chi connectivity index (χ2v) is 5.95. The van der Waals surface area contributed by atoms with E-state index in [9.17, 15) is 9.59 Å². The minimum absolute atomic E-state index is 0. The predicted molar refractivity (Wildman–Crippen MR) is 96.4 cm³/mol. The van der Waals surface area contributed by atoms with Crippen molar-refractivity contribution in [2.75, 3.05) is 25.5 Å². The van der Waals surface area contributed by atoms with E-state index in [1.54, 1.807) is 7.11 Å². The van der Waals surface area contributed by atoms with E-state index in [1.165, 1.54) is 6.92 Å². The molecule has 0 aromatic heterocycles. The van der Waals surface area contributed by atoms with Crippen molar-refractivity contribution in [3.8, 4) is 0 Å². The number of piperidine rings is 1. The van der Waals surface area contributed by atoms with Crippen LogP contribution in [0.1, 0.15) is 38.3 Å². The Morgan fingerprint density at radius 3 is 2.54 bits per heavy atom. The van der Waals surface area contributed by atoms with E-state index in [-0.39, 0.29) is 30.3 Å². The SMILES string of the molecule is COC1(C(=O)NC(C)c2cccc(NC(C)=O)c2)CCNCC1.Cl. The molecule has 0 radical (unpaired) electrons. The van der Waals surface area contributed by atoms with Gasteiger partial charge in [0.2, 0.25) is 5.91 Å². The van der Waals surface area contributed by atoms with Crippen molar-refractivity contribution in [1.29, 1.82) is 0 Å². The van der Waals surface area contributed by atoms with Crippen LogP contribution in [0.2, 0.25) is 0 Å². The van der Waals surface area contributed by atoms with Crippen LogP contribution in [0.25, 0.3) is 0 Å². The quantitative estimate of drug-likeness (QED) is 0.755. The molecule has 2 rings (SSSR count). The summed E-state index contributed by atoms with van der Waals surface area (Å²) >= 11 is 0. The van der Waals surface area contributed by atoms with Crippen molar-refractivity contribution in [2.45, 2.75) is 38.3 Å². The van der Waals surface area contributed by atoms with Gasteiger partial charge in [-0.15, -0.1) is 12.4 Å². The summed E-state index contributed by atoms with van der Waals surface area (Å²) in [5.41, 5.74) is 0.901. The Hall–Kier alpha value is -1.63. The van der Waals surface area contributed by atoms with Gasteiger partial charge in [-0.2, -0.15) is 0 Å². The Bertz CT molecular complexity index is 574. The van der Waals surface area contributed by atoms with Crippen LogP contribution in [-0.4, -0.2) is 37.6 Å². The molecule has 0 spiro atoms. The maximum atomic E-state index is 12.7. The molecule has 134 valence electrons. The molecule has 1 aliphatic heterocycles. The largest absolute Gasteiger partial charge is 0.368 e. The van der Waals surface area contributed by atoms with Gasteiger partial charge in [-0.1, -0.05) is 12.1 Å². The molecular formula is C17H26ClN3O3. The first kappa shape index (κ1) is 20.4. The van der Waals surface area contributed by atoms with Crippen LogP contribution >= 0.6 is 12.4 Å². The highest BCUT2D eigenvalue weighted by atomic mass is 35.5. The second-order valence-electron chi connectivity index (χ2n) is 5.95.